The molecule has 8 heteroatoms. The molecule has 0 spiro atoms. The predicted molar refractivity (Wildman–Crippen MR) is 93.6 cm³/mol. The Morgan fingerprint density at radius 2 is 1.59 bits per heavy atom. The van der Waals surface area contributed by atoms with Crippen molar-refractivity contribution in [3.05, 3.63) is 35.9 Å². The molecule has 3 rings (SSSR count). The van der Waals surface area contributed by atoms with Crippen molar-refractivity contribution >= 4 is 0 Å². The van der Waals surface area contributed by atoms with Crippen LogP contribution in [0.25, 0.3) is 0 Å². The number of ether oxygens (including phenoxy) is 6. The van der Waals surface area contributed by atoms with Gasteiger partial charge in [0.15, 0.2) is 6.29 Å². The van der Waals surface area contributed by atoms with E-state index in [1.165, 1.54) is 14.2 Å². The summed E-state index contributed by atoms with van der Waals surface area (Å²) in [4.78, 5) is 0. The van der Waals surface area contributed by atoms with Gasteiger partial charge >= 0.3 is 0 Å². The number of rotatable bonds is 6. The van der Waals surface area contributed by atoms with Gasteiger partial charge in [-0.3, -0.25) is 0 Å². The summed E-state index contributed by atoms with van der Waals surface area (Å²) in [5, 5.41) is 20.6. The average molecular weight is 384 g/mol. The van der Waals surface area contributed by atoms with Crippen molar-refractivity contribution in [1.82, 2.24) is 0 Å². The molecule has 152 valence electrons. The summed E-state index contributed by atoms with van der Waals surface area (Å²) in [5.41, 5.74) is 0.936. The van der Waals surface area contributed by atoms with E-state index in [0.29, 0.717) is 0 Å². The van der Waals surface area contributed by atoms with E-state index in [9.17, 15) is 10.2 Å². The minimum Gasteiger partial charge on any atom is -0.394 e. The molecule has 2 N–H and O–H groups in total. The lowest BCUT2D eigenvalue weighted by Crippen LogP contribution is -2.73. The molecule has 0 aliphatic carbocycles. The molecule has 0 bridgehead atoms. The topological polar surface area (TPSA) is 95.8 Å². The maximum Gasteiger partial charge on any atom is 0.220 e. The molecule has 0 unspecified atom stereocenters. The molecule has 7 atom stereocenters. The number of benzene rings is 1. The highest BCUT2D eigenvalue weighted by atomic mass is 16.8. The van der Waals surface area contributed by atoms with Gasteiger partial charge < -0.3 is 38.6 Å². The summed E-state index contributed by atoms with van der Waals surface area (Å²) in [6, 6.07) is 9.53. The summed E-state index contributed by atoms with van der Waals surface area (Å²) in [6.07, 6.45) is -4.47. The monoisotopic (exact) mass is 384 g/mol. The fourth-order valence-electron chi connectivity index (χ4n) is 3.41. The van der Waals surface area contributed by atoms with Gasteiger partial charge in [0, 0.05) is 14.2 Å². The van der Waals surface area contributed by atoms with Crippen molar-refractivity contribution in [2.45, 2.75) is 62.7 Å². The highest BCUT2D eigenvalue weighted by molar-refractivity contribution is 5.13. The number of fused-ring (bicyclic) bond motifs is 1. The largest absolute Gasteiger partial charge is 0.394 e. The lowest BCUT2D eigenvalue weighted by molar-refractivity contribution is -0.480. The number of aliphatic hydroxyl groups is 2. The van der Waals surface area contributed by atoms with Crippen molar-refractivity contribution in [2.24, 2.45) is 0 Å². The summed E-state index contributed by atoms with van der Waals surface area (Å²) in [6.45, 7) is 3.26. The molecule has 2 fully saturated rings. The molecule has 0 amide bonds. The van der Waals surface area contributed by atoms with Crippen molar-refractivity contribution < 1.29 is 38.6 Å². The SMILES string of the molecule is CO[C@@]1(C)O[C@@H]2[C@H](O)[C@@H](OCc3ccccc3)O[C@H](CO)[C@H]2O[C@]1(C)OC. The van der Waals surface area contributed by atoms with Crippen LogP contribution in [0.4, 0.5) is 0 Å². The minimum atomic E-state index is -1.27. The first-order chi connectivity index (χ1) is 12.9. The molecule has 0 saturated carbocycles. The first-order valence-electron chi connectivity index (χ1n) is 8.93. The Bertz CT molecular complexity index is 613. The fraction of sp³-hybridized carbons (Fsp3) is 0.684. The maximum absolute atomic E-state index is 10.8. The van der Waals surface area contributed by atoms with Crippen LogP contribution in [0.15, 0.2) is 30.3 Å². The summed E-state index contributed by atoms with van der Waals surface area (Å²) < 4.78 is 34.6. The smallest absolute Gasteiger partial charge is 0.220 e. The van der Waals surface area contributed by atoms with Gasteiger partial charge in [-0.15, -0.1) is 0 Å². The van der Waals surface area contributed by atoms with Crippen molar-refractivity contribution in [1.29, 1.82) is 0 Å². The van der Waals surface area contributed by atoms with Crippen LogP contribution in [0.5, 0.6) is 0 Å². The Morgan fingerprint density at radius 1 is 1.00 bits per heavy atom. The van der Waals surface area contributed by atoms with Gasteiger partial charge in [-0.25, -0.2) is 0 Å². The van der Waals surface area contributed by atoms with E-state index in [2.05, 4.69) is 0 Å². The minimum absolute atomic E-state index is 0.246. The van der Waals surface area contributed by atoms with E-state index >= 15 is 0 Å². The maximum atomic E-state index is 10.8. The van der Waals surface area contributed by atoms with Gasteiger partial charge in [0.2, 0.25) is 11.6 Å². The number of methoxy groups -OCH3 is 2. The second-order valence-corrected chi connectivity index (χ2v) is 6.98. The van der Waals surface area contributed by atoms with Crippen LogP contribution in [0, 0.1) is 0 Å². The van der Waals surface area contributed by atoms with E-state index in [1.54, 1.807) is 13.8 Å². The third kappa shape index (κ3) is 3.76. The molecule has 2 aliphatic rings. The molecule has 2 saturated heterocycles. The standard InChI is InChI=1S/C19H28O8/c1-18(22-3)19(2,23-4)27-16-14(21)17(25-13(10-20)15(16)26-18)24-11-12-8-6-5-7-9-12/h5-9,13-17,20-21H,10-11H2,1-4H3/t13-,14+,15-,16-,17+,18+,19+/m1/s1. The third-order valence-corrected chi connectivity index (χ3v) is 5.38. The molecule has 0 radical (unpaired) electrons. The Balaban J connectivity index is 1.78. The van der Waals surface area contributed by atoms with Crippen molar-refractivity contribution in [3.63, 3.8) is 0 Å². The van der Waals surface area contributed by atoms with Gasteiger partial charge in [-0.2, -0.15) is 0 Å². The van der Waals surface area contributed by atoms with Crippen LogP contribution in [0.2, 0.25) is 0 Å². The Hall–Kier alpha value is -1.10. The second kappa shape index (κ2) is 8.10. The van der Waals surface area contributed by atoms with Gasteiger partial charge in [-0.1, -0.05) is 30.3 Å². The summed E-state index contributed by atoms with van der Waals surface area (Å²) in [7, 11) is 2.94. The Morgan fingerprint density at radius 3 is 2.15 bits per heavy atom. The van der Waals surface area contributed by atoms with Crippen LogP contribution >= 0.6 is 0 Å². The average Bonchev–Trinajstić information content (AvgIpc) is 2.70. The van der Waals surface area contributed by atoms with E-state index in [4.69, 9.17) is 28.4 Å². The molecule has 2 aliphatic heterocycles. The second-order valence-electron chi connectivity index (χ2n) is 6.98. The lowest BCUT2D eigenvalue weighted by atomic mass is 9.94. The van der Waals surface area contributed by atoms with Gasteiger partial charge in [-0.05, 0) is 19.4 Å². The Labute approximate surface area is 158 Å². The highest BCUT2D eigenvalue weighted by Crippen LogP contribution is 2.43. The molecule has 8 nitrogen and oxygen atoms in total. The van der Waals surface area contributed by atoms with Gasteiger partial charge in [0.05, 0.1) is 13.2 Å². The quantitative estimate of drug-likeness (QED) is 0.743. The molecular weight excluding hydrogens is 356 g/mol. The van der Waals surface area contributed by atoms with Crippen molar-refractivity contribution in [2.75, 3.05) is 20.8 Å². The molecule has 2 heterocycles. The van der Waals surface area contributed by atoms with E-state index in [0.717, 1.165) is 5.56 Å². The Kier molecular flexibility index (Phi) is 6.19. The number of hydrogen-bond donors (Lipinski definition) is 2. The van der Waals surface area contributed by atoms with E-state index in [1.807, 2.05) is 30.3 Å². The zero-order valence-electron chi connectivity index (χ0n) is 16.0. The molecular formula is C19H28O8. The van der Waals surface area contributed by atoms with Crippen LogP contribution in [0.3, 0.4) is 0 Å². The highest BCUT2D eigenvalue weighted by Gasteiger charge is 2.62. The molecule has 27 heavy (non-hydrogen) atoms. The first-order valence-corrected chi connectivity index (χ1v) is 8.93. The number of aliphatic hydroxyl groups excluding tert-OH is 2. The number of hydrogen-bond acceptors (Lipinski definition) is 8. The lowest BCUT2D eigenvalue weighted by Gasteiger charge is -2.56. The molecule has 1 aromatic carbocycles. The zero-order chi connectivity index (χ0) is 19.7. The van der Waals surface area contributed by atoms with E-state index in [-0.39, 0.29) is 13.2 Å². The molecule has 0 aromatic heterocycles. The zero-order valence-corrected chi connectivity index (χ0v) is 16.0. The third-order valence-electron chi connectivity index (χ3n) is 5.38. The summed E-state index contributed by atoms with van der Waals surface area (Å²) in [5.74, 6) is -2.53. The van der Waals surface area contributed by atoms with Crippen LogP contribution in [-0.4, -0.2) is 73.3 Å². The van der Waals surface area contributed by atoms with Gasteiger partial charge in [0.25, 0.3) is 0 Å². The predicted octanol–water partition coefficient (Wildman–Crippen LogP) is 0.790. The van der Waals surface area contributed by atoms with Crippen LogP contribution in [-0.2, 0) is 35.0 Å². The van der Waals surface area contributed by atoms with Gasteiger partial charge in [0.1, 0.15) is 24.4 Å². The van der Waals surface area contributed by atoms with Crippen LogP contribution in [0.1, 0.15) is 19.4 Å². The first kappa shape index (κ1) is 20.6. The molecule has 1 aromatic rings. The van der Waals surface area contributed by atoms with Crippen LogP contribution < -0.4 is 0 Å². The fourth-order valence-corrected chi connectivity index (χ4v) is 3.41. The van der Waals surface area contributed by atoms with E-state index < -0.39 is 42.3 Å². The normalized spacial score (nSPS) is 41.9. The van der Waals surface area contributed by atoms with Crippen molar-refractivity contribution in [3.8, 4) is 0 Å². The summed E-state index contributed by atoms with van der Waals surface area (Å²) >= 11 is 0.